The van der Waals surface area contributed by atoms with Gasteiger partial charge in [0, 0.05) is 29.7 Å². The number of aliphatic hydroxyl groups excluding tert-OH is 1. The number of amides is 1. The maximum absolute atomic E-state index is 11.9. The van der Waals surface area contributed by atoms with Gasteiger partial charge in [-0.2, -0.15) is 0 Å². The highest BCUT2D eigenvalue weighted by atomic mass is 16.5. The smallest absolute Gasteiger partial charge is 0.248 e. The second-order valence-corrected chi connectivity index (χ2v) is 4.80. The van der Waals surface area contributed by atoms with E-state index in [0.29, 0.717) is 17.0 Å². The summed E-state index contributed by atoms with van der Waals surface area (Å²) in [6.45, 7) is 1.79. The zero-order valence-electron chi connectivity index (χ0n) is 12.5. The average Bonchev–Trinajstić information content (AvgIpc) is 2.53. The van der Waals surface area contributed by atoms with E-state index in [9.17, 15) is 9.90 Å². The Balaban J connectivity index is 2.06. The van der Waals surface area contributed by atoms with Crippen molar-refractivity contribution in [2.45, 2.75) is 13.5 Å². The van der Waals surface area contributed by atoms with E-state index in [0.717, 1.165) is 11.1 Å². The third-order valence-electron chi connectivity index (χ3n) is 3.04. The lowest BCUT2D eigenvalue weighted by Gasteiger charge is -2.09. The fourth-order valence-electron chi connectivity index (χ4n) is 2.01. The van der Waals surface area contributed by atoms with Crippen LogP contribution < -0.4 is 10.1 Å². The van der Waals surface area contributed by atoms with Crippen molar-refractivity contribution in [2.75, 3.05) is 12.4 Å². The third-order valence-corrected chi connectivity index (χ3v) is 3.04. The Hall–Kier alpha value is -2.66. The topological polar surface area (TPSA) is 71.5 Å². The standard InChI is InChI=1S/C17H18N2O3/c1-12-7-13(10-18-9-12)3-6-17(21)19-15-4-5-16(22-2)14(8-15)11-20/h3-10,20H,11H2,1-2H3,(H,19,21)/b6-3+. The number of pyridine rings is 1. The number of aryl methyl sites for hydroxylation is 1. The quantitative estimate of drug-likeness (QED) is 0.832. The van der Waals surface area contributed by atoms with Crippen molar-refractivity contribution in [3.05, 3.63) is 59.4 Å². The van der Waals surface area contributed by atoms with Crippen molar-refractivity contribution in [1.29, 1.82) is 0 Å². The summed E-state index contributed by atoms with van der Waals surface area (Å²) >= 11 is 0. The lowest BCUT2D eigenvalue weighted by atomic mass is 10.2. The first-order valence-electron chi connectivity index (χ1n) is 6.81. The monoisotopic (exact) mass is 298 g/mol. The Morgan fingerprint density at radius 1 is 1.36 bits per heavy atom. The summed E-state index contributed by atoms with van der Waals surface area (Å²) in [7, 11) is 1.53. The van der Waals surface area contributed by atoms with Crippen LogP contribution in [0.25, 0.3) is 6.08 Å². The predicted molar refractivity (Wildman–Crippen MR) is 85.6 cm³/mol. The van der Waals surface area contributed by atoms with Crippen molar-refractivity contribution in [2.24, 2.45) is 0 Å². The molecule has 0 radical (unpaired) electrons. The Bertz CT molecular complexity index is 696. The number of carbonyl (C=O) groups is 1. The van der Waals surface area contributed by atoms with E-state index in [2.05, 4.69) is 10.3 Å². The molecular weight excluding hydrogens is 280 g/mol. The molecule has 2 N–H and O–H groups in total. The Labute approximate surface area is 129 Å². The fraction of sp³-hybridized carbons (Fsp3) is 0.176. The maximum Gasteiger partial charge on any atom is 0.248 e. The van der Waals surface area contributed by atoms with E-state index in [-0.39, 0.29) is 12.5 Å². The summed E-state index contributed by atoms with van der Waals surface area (Å²) < 4.78 is 5.12. The second kappa shape index (κ2) is 7.38. The highest BCUT2D eigenvalue weighted by Gasteiger charge is 2.05. The van der Waals surface area contributed by atoms with E-state index in [1.54, 1.807) is 36.7 Å². The molecule has 1 amide bonds. The van der Waals surface area contributed by atoms with Crippen LogP contribution in [-0.2, 0) is 11.4 Å². The number of hydrogen-bond donors (Lipinski definition) is 2. The van der Waals surface area contributed by atoms with Gasteiger partial charge >= 0.3 is 0 Å². The van der Waals surface area contributed by atoms with Crippen LogP contribution in [0.4, 0.5) is 5.69 Å². The first kappa shape index (κ1) is 15.7. The number of hydrogen-bond acceptors (Lipinski definition) is 4. The molecule has 114 valence electrons. The third kappa shape index (κ3) is 4.17. The summed E-state index contributed by atoms with van der Waals surface area (Å²) in [5.74, 6) is 0.331. The summed E-state index contributed by atoms with van der Waals surface area (Å²) in [6, 6.07) is 7.04. The molecule has 0 unspecified atom stereocenters. The van der Waals surface area contributed by atoms with Gasteiger partial charge in [0.15, 0.2) is 0 Å². The number of rotatable bonds is 5. The second-order valence-electron chi connectivity index (χ2n) is 4.80. The predicted octanol–water partition coefficient (Wildman–Crippen LogP) is 2.54. The molecule has 0 aliphatic carbocycles. The zero-order chi connectivity index (χ0) is 15.9. The van der Waals surface area contributed by atoms with Crippen LogP contribution in [0.2, 0.25) is 0 Å². The molecule has 0 bridgehead atoms. The zero-order valence-corrected chi connectivity index (χ0v) is 12.5. The molecule has 5 heteroatoms. The van der Waals surface area contributed by atoms with Gasteiger partial charge in [0.2, 0.25) is 5.91 Å². The van der Waals surface area contributed by atoms with Gasteiger partial charge in [-0.15, -0.1) is 0 Å². The van der Waals surface area contributed by atoms with Crippen molar-refractivity contribution >= 4 is 17.7 Å². The maximum atomic E-state index is 11.9. The summed E-state index contributed by atoms with van der Waals surface area (Å²) in [5, 5.41) is 12.0. The van der Waals surface area contributed by atoms with Gasteiger partial charge in [-0.1, -0.05) is 0 Å². The molecule has 2 aromatic rings. The van der Waals surface area contributed by atoms with Gasteiger partial charge in [0.05, 0.1) is 13.7 Å². The van der Waals surface area contributed by atoms with Crippen molar-refractivity contribution in [3.63, 3.8) is 0 Å². The Kier molecular flexibility index (Phi) is 5.27. The molecule has 1 heterocycles. The molecule has 0 saturated heterocycles. The van der Waals surface area contributed by atoms with E-state index in [1.165, 1.54) is 13.2 Å². The average molecular weight is 298 g/mol. The van der Waals surface area contributed by atoms with E-state index < -0.39 is 0 Å². The highest BCUT2D eigenvalue weighted by Crippen LogP contribution is 2.22. The molecule has 0 fully saturated rings. The molecule has 5 nitrogen and oxygen atoms in total. The summed E-state index contributed by atoms with van der Waals surface area (Å²) in [4.78, 5) is 16.0. The summed E-state index contributed by atoms with van der Waals surface area (Å²) in [6.07, 6.45) is 6.59. The van der Waals surface area contributed by atoms with Crippen LogP contribution in [0, 0.1) is 6.92 Å². The minimum atomic E-state index is -0.254. The molecule has 0 atom stereocenters. The van der Waals surface area contributed by atoms with Gasteiger partial charge in [-0.05, 0) is 48.4 Å². The molecule has 2 rings (SSSR count). The molecule has 1 aromatic heterocycles. The number of aliphatic hydroxyl groups is 1. The molecule has 1 aromatic carbocycles. The number of nitrogens with zero attached hydrogens (tertiary/aromatic N) is 1. The van der Waals surface area contributed by atoms with Gasteiger partial charge in [0.25, 0.3) is 0 Å². The van der Waals surface area contributed by atoms with Crippen LogP contribution in [-0.4, -0.2) is 23.1 Å². The lowest BCUT2D eigenvalue weighted by molar-refractivity contribution is -0.111. The molecule has 0 saturated carbocycles. The number of anilines is 1. The van der Waals surface area contributed by atoms with Gasteiger partial charge < -0.3 is 15.2 Å². The Morgan fingerprint density at radius 3 is 2.86 bits per heavy atom. The summed E-state index contributed by atoms with van der Waals surface area (Å²) in [5.41, 5.74) is 3.11. The largest absolute Gasteiger partial charge is 0.496 e. The Morgan fingerprint density at radius 2 is 2.18 bits per heavy atom. The van der Waals surface area contributed by atoms with Gasteiger partial charge in [-0.3, -0.25) is 9.78 Å². The van der Waals surface area contributed by atoms with E-state index in [1.807, 2.05) is 13.0 Å². The number of ether oxygens (including phenoxy) is 1. The fourth-order valence-corrected chi connectivity index (χ4v) is 2.01. The SMILES string of the molecule is COc1ccc(NC(=O)/C=C/c2cncc(C)c2)cc1CO. The van der Waals surface area contributed by atoms with Crippen LogP contribution >= 0.6 is 0 Å². The van der Waals surface area contributed by atoms with Crippen LogP contribution in [0.3, 0.4) is 0 Å². The van der Waals surface area contributed by atoms with E-state index >= 15 is 0 Å². The van der Waals surface area contributed by atoms with Crippen LogP contribution in [0.15, 0.2) is 42.7 Å². The van der Waals surface area contributed by atoms with Crippen molar-refractivity contribution in [3.8, 4) is 5.75 Å². The molecule has 22 heavy (non-hydrogen) atoms. The number of aromatic nitrogens is 1. The van der Waals surface area contributed by atoms with Crippen LogP contribution in [0.5, 0.6) is 5.75 Å². The van der Waals surface area contributed by atoms with Crippen molar-refractivity contribution < 1.29 is 14.6 Å². The number of benzene rings is 1. The molecule has 0 spiro atoms. The molecular formula is C17H18N2O3. The number of methoxy groups -OCH3 is 1. The normalized spacial score (nSPS) is 10.7. The minimum absolute atomic E-state index is 0.155. The number of carbonyl (C=O) groups excluding carboxylic acids is 1. The van der Waals surface area contributed by atoms with Crippen LogP contribution in [0.1, 0.15) is 16.7 Å². The molecule has 0 aliphatic rings. The van der Waals surface area contributed by atoms with Gasteiger partial charge in [0.1, 0.15) is 5.75 Å². The first-order valence-corrected chi connectivity index (χ1v) is 6.81. The number of nitrogens with one attached hydrogen (secondary N) is 1. The molecule has 0 aliphatic heterocycles. The highest BCUT2D eigenvalue weighted by molar-refractivity contribution is 6.02. The van der Waals surface area contributed by atoms with Gasteiger partial charge in [-0.25, -0.2) is 0 Å². The lowest BCUT2D eigenvalue weighted by Crippen LogP contribution is -2.08. The van der Waals surface area contributed by atoms with Crippen molar-refractivity contribution in [1.82, 2.24) is 4.98 Å². The minimum Gasteiger partial charge on any atom is -0.496 e. The first-order chi connectivity index (χ1) is 10.6. The van der Waals surface area contributed by atoms with E-state index in [4.69, 9.17) is 4.74 Å².